The van der Waals surface area contributed by atoms with Crippen LogP contribution in [0.25, 0.3) is 0 Å². The highest BCUT2D eigenvalue weighted by Gasteiger charge is 2.30. The molecule has 0 aliphatic heterocycles. The Balaban J connectivity index is 1.36. The smallest absolute Gasteiger partial charge is 0.129 e. The summed E-state index contributed by atoms with van der Waals surface area (Å²) in [6, 6.07) is 28.8. The molecule has 296 valence electrons. The molecule has 55 heavy (non-hydrogen) atoms. The Morgan fingerprint density at radius 2 is 0.873 bits per heavy atom. The van der Waals surface area contributed by atoms with E-state index in [0.717, 1.165) is 85.5 Å². The molecule has 3 heteroatoms. The van der Waals surface area contributed by atoms with Crippen molar-refractivity contribution < 1.29 is 13.5 Å². The van der Waals surface area contributed by atoms with E-state index in [0.29, 0.717) is 23.0 Å². The van der Waals surface area contributed by atoms with Crippen LogP contribution in [-0.2, 0) is 17.6 Å². The lowest BCUT2D eigenvalue weighted by atomic mass is 9.77. The highest BCUT2D eigenvalue weighted by molar-refractivity contribution is 5.39. The molecule has 4 aromatic carbocycles. The summed E-state index contributed by atoms with van der Waals surface area (Å²) in [7, 11) is 0. The van der Waals surface area contributed by atoms with Crippen molar-refractivity contribution in [3.63, 3.8) is 0 Å². The Kier molecular flexibility index (Phi) is 15.6. The molecule has 0 bridgehead atoms. The van der Waals surface area contributed by atoms with E-state index in [1.54, 1.807) is 12.1 Å². The van der Waals surface area contributed by atoms with Crippen LogP contribution in [0.2, 0.25) is 0 Å². The Morgan fingerprint density at radius 3 is 1.20 bits per heavy atom. The van der Waals surface area contributed by atoms with Gasteiger partial charge in [-0.2, -0.15) is 0 Å². The molecule has 2 aliphatic rings. The zero-order valence-electron chi connectivity index (χ0n) is 34.4. The number of benzene rings is 4. The molecule has 0 radical (unpaired) electrons. The number of hydrogen-bond acceptors (Lipinski definition) is 1. The third-order valence-corrected chi connectivity index (χ3v) is 13.4. The Labute approximate surface area is 332 Å². The summed E-state index contributed by atoms with van der Waals surface area (Å²) in [6.07, 6.45) is 19.4. The first-order valence-electron chi connectivity index (χ1n) is 22.3. The maximum atomic E-state index is 16.7. The molecule has 2 atom stereocenters. The Bertz CT molecular complexity index is 1600. The first-order chi connectivity index (χ1) is 26.9. The summed E-state index contributed by atoms with van der Waals surface area (Å²) < 4.78 is 40.5. The molecule has 2 saturated carbocycles. The molecule has 0 N–H and O–H groups in total. The topological polar surface area (TPSA) is 9.23 Å². The largest absolute Gasteiger partial charge is 0.356 e. The molecule has 0 aromatic heterocycles. The van der Waals surface area contributed by atoms with Crippen LogP contribution in [0.3, 0.4) is 0 Å². The Hall–Kier alpha value is -3.30. The molecule has 2 fully saturated rings. The van der Waals surface area contributed by atoms with Crippen molar-refractivity contribution in [2.75, 3.05) is 0 Å². The fourth-order valence-corrected chi connectivity index (χ4v) is 9.50. The van der Waals surface area contributed by atoms with Gasteiger partial charge in [-0.3, -0.25) is 0 Å². The average Bonchev–Trinajstić information content (AvgIpc) is 3.23. The first kappa shape index (κ1) is 41.3. The van der Waals surface area contributed by atoms with Gasteiger partial charge in [0.25, 0.3) is 0 Å². The summed E-state index contributed by atoms with van der Waals surface area (Å²) in [5.74, 6) is 1.88. The van der Waals surface area contributed by atoms with Gasteiger partial charge >= 0.3 is 0 Å². The summed E-state index contributed by atoms with van der Waals surface area (Å²) in [4.78, 5) is 0. The van der Waals surface area contributed by atoms with Gasteiger partial charge in [-0.15, -0.1) is 0 Å². The predicted molar refractivity (Wildman–Crippen MR) is 227 cm³/mol. The second kappa shape index (κ2) is 20.7. The lowest BCUT2D eigenvalue weighted by Gasteiger charge is -2.30. The van der Waals surface area contributed by atoms with E-state index in [1.165, 1.54) is 75.3 Å². The van der Waals surface area contributed by atoms with Crippen LogP contribution in [0.1, 0.15) is 199 Å². The number of halogens is 2. The summed E-state index contributed by atoms with van der Waals surface area (Å²) >= 11 is 0. The van der Waals surface area contributed by atoms with Gasteiger partial charge in [-0.05, 0) is 146 Å². The lowest BCUT2D eigenvalue weighted by molar-refractivity contribution is 0.0270. The van der Waals surface area contributed by atoms with Gasteiger partial charge in [0.05, 0.1) is 0 Å². The molecular weight excluding hydrogens is 679 g/mol. The SMILES string of the molecule is CCCCCc1ccc(C(OC(c2ccc(CCCCC)cc2)c2ccc([C@H]3CC[C@H](CC)CC3)cc2F)c2ccc([C@H]3CC[C@H](CC)CC3)cc2F)cc1. The second-order valence-electron chi connectivity index (χ2n) is 17.1. The normalized spacial score (nSPS) is 21.3. The van der Waals surface area contributed by atoms with Crippen molar-refractivity contribution in [2.45, 2.75) is 167 Å². The Morgan fingerprint density at radius 1 is 0.491 bits per heavy atom. The van der Waals surface area contributed by atoms with Crippen molar-refractivity contribution in [2.24, 2.45) is 11.8 Å². The lowest BCUT2D eigenvalue weighted by Crippen LogP contribution is -2.17. The minimum Gasteiger partial charge on any atom is -0.356 e. The molecule has 0 amide bonds. The molecule has 6 rings (SSSR count). The highest BCUT2D eigenvalue weighted by atomic mass is 19.1. The van der Waals surface area contributed by atoms with Crippen LogP contribution in [0.15, 0.2) is 84.9 Å². The second-order valence-corrected chi connectivity index (χ2v) is 17.1. The van der Waals surface area contributed by atoms with Gasteiger partial charge in [-0.25, -0.2) is 8.78 Å². The molecule has 2 aliphatic carbocycles. The monoisotopic (exact) mass is 747 g/mol. The van der Waals surface area contributed by atoms with Crippen molar-refractivity contribution in [1.29, 1.82) is 0 Å². The molecule has 0 saturated heterocycles. The van der Waals surface area contributed by atoms with Crippen LogP contribution >= 0.6 is 0 Å². The molecule has 1 nitrogen and oxygen atoms in total. The van der Waals surface area contributed by atoms with E-state index in [4.69, 9.17) is 4.74 Å². The van der Waals surface area contributed by atoms with Crippen molar-refractivity contribution >= 4 is 0 Å². The summed E-state index contributed by atoms with van der Waals surface area (Å²) in [5, 5.41) is 0. The predicted octanol–water partition coefficient (Wildman–Crippen LogP) is 15.7. The van der Waals surface area contributed by atoms with E-state index < -0.39 is 12.2 Å². The highest BCUT2D eigenvalue weighted by Crippen LogP contribution is 2.43. The van der Waals surface area contributed by atoms with E-state index in [1.807, 2.05) is 12.1 Å². The number of rotatable bonds is 18. The van der Waals surface area contributed by atoms with E-state index >= 15 is 8.78 Å². The quantitative estimate of drug-likeness (QED) is 0.0921. The van der Waals surface area contributed by atoms with E-state index in [9.17, 15) is 0 Å². The fourth-order valence-electron chi connectivity index (χ4n) is 9.50. The average molecular weight is 747 g/mol. The first-order valence-corrected chi connectivity index (χ1v) is 22.3. The molecule has 0 spiro atoms. The molecule has 0 heterocycles. The van der Waals surface area contributed by atoms with Gasteiger partial charge in [-0.1, -0.05) is 139 Å². The van der Waals surface area contributed by atoms with Gasteiger partial charge in [0.2, 0.25) is 0 Å². The molecule has 4 aromatic rings. The van der Waals surface area contributed by atoms with Crippen LogP contribution in [0.4, 0.5) is 8.78 Å². The third kappa shape index (κ3) is 11.0. The minimum atomic E-state index is -0.716. The van der Waals surface area contributed by atoms with Gasteiger partial charge in [0, 0.05) is 11.1 Å². The van der Waals surface area contributed by atoms with Gasteiger partial charge < -0.3 is 4.74 Å². The minimum absolute atomic E-state index is 0.240. The van der Waals surface area contributed by atoms with Gasteiger partial charge in [0.1, 0.15) is 23.8 Å². The number of ether oxygens (including phenoxy) is 1. The summed E-state index contributed by atoms with van der Waals surface area (Å²) in [6.45, 7) is 9.02. The zero-order chi connectivity index (χ0) is 38.6. The van der Waals surface area contributed by atoms with E-state index in [2.05, 4.69) is 88.4 Å². The van der Waals surface area contributed by atoms with Crippen LogP contribution < -0.4 is 0 Å². The van der Waals surface area contributed by atoms with Gasteiger partial charge in [0.15, 0.2) is 0 Å². The molecule has 2 unspecified atom stereocenters. The van der Waals surface area contributed by atoms with Crippen LogP contribution in [-0.4, -0.2) is 0 Å². The number of aryl methyl sites for hydroxylation is 2. The van der Waals surface area contributed by atoms with Crippen LogP contribution in [0, 0.1) is 23.5 Å². The van der Waals surface area contributed by atoms with E-state index in [-0.39, 0.29) is 11.6 Å². The van der Waals surface area contributed by atoms with Crippen molar-refractivity contribution in [3.8, 4) is 0 Å². The third-order valence-electron chi connectivity index (χ3n) is 13.4. The zero-order valence-corrected chi connectivity index (χ0v) is 34.4. The molecular formula is C52H68F2O. The fraction of sp³-hybridized carbons (Fsp3) is 0.538. The maximum absolute atomic E-state index is 16.7. The van der Waals surface area contributed by atoms with Crippen molar-refractivity contribution in [3.05, 3.63) is 141 Å². The maximum Gasteiger partial charge on any atom is 0.129 e. The number of unbranched alkanes of at least 4 members (excludes halogenated alkanes) is 4. The standard InChI is InChI=1S/C52H68F2O/c1-5-9-11-13-39-19-27-43(28-20-39)51(47-33-31-45(35-49(47)53)41-23-15-37(7-3)16-24-41)55-52(44-29-21-40(22-30-44)14-12-10-6-2)48-34-32-46(36-50(48)54)42-25-17-38(8-4)18-26-42/h19-22,27-38,41-42,51-52H,5-18,23-26H2,1-4H3/t37-,38-,41-,42-,51?,52?. The van der Waals surface area contributed by atoms with Crippen LogP contribution in [0.5, 0.6) is 0 Å². The summed E-state index contributed by atoms with van der Waals surface area (Å²) in [5.41, 5.74) is 7.53. The number of hydrogen-bond donors (Lipinski definition) is 0. The van der Waals surface area contributed by atoms with Crippen molar-refractivity contribution in [1.82, 2.24) is 0 Å².